The summed E-state index contributed by atoms with van der Waals surface area (Å²) in [5, 5.41) is 2.91. The molecule has 1 heterocycles. The van der Waals surface area contributed by atoms with E-state index in [4.69, 9.17) is 0 Å². The second-order valence-electron chi connectivity index (χ2n) is 9.86. The maximum atomic E-state index is 13.7. The number of benzene rings is 3. The Balaban J connectivity index is 1.52. The average molecular weight is 548 g/mol. The lowest BCUT2D eigenvalue weighted by atomic mass is 10.0. The lowest BCUT2D eigenvalue weighted by Gasteiger charge is -2.31. The molecule has 0 aliphatic carbocycles. The zero-order valence-corrected chi connectivity index (χ0v) is 23.3. The zero-order chi connectivity index (χ0) is 27.7. The Hall–Kier alpha value is -3.49. The molecule has 0 radical (unpaired) electrons. The first-order chi connectivity index (χ1) is 18.9. The molecule has 8 heteroatoms. The second-order valence-corrected chi connectivity index (χ2v) is 11.8. The highest BCUT2D eigenvalue weighted by Gasteiger charge is 2.30. The molecule has 1 atom stereocenters. The smallest absolute Gasteiger partial charge is 0.243 e. The van der Waals surface area contributed by atoms with Gasteiger partial charge in [-0.05, 0) is 55.0 Å². The fraction of sp³-hybridized carbons (Fsp3) is 0.355. The van der Waals surface area contributed by atoms with Gasteiger partial charge in [0.1, 0.15) is 6.04 Å². The Morgan fingerprint density at radius 1 is 0.846 bits per heavy atom. The molecule has 0 spiro atoms. The Morgan fingerprint density at radius 2 is 1.44 bits per heavy atom. The minimum absolute atomic E-state index is 0.125. The molecule has 0 aromatic heterocycles. The van der Waals surface area contributed by atoms with Crippen LogP contribution in [0, 0.1) is 0 Å². The number of carbonyl (C=O) groups excluding carboxylic acids is 2. The van der Waals surface area contributed by atoms with Gasteiger partial charge in [-0.25, -0.2) is 8.42 Å². The van der Waals surface area contributed by atoms with Gasteiger partial charge in [-0.3, -0.25) is 9.59 Å². The van der Waals surface area contributed by atoms with Crippen molar-refractivity contribution in [3.05, 3.63) is 102 Å². The van der Waals surface area contributed by atoms with Crippen LogP contribution >= 0.6 is 0 Å². The maximum absolute atomic E-state index is 13.7. The molecule has 1 fully saturated rings. The summed E-state index contributed by atoms with van der Waals surface area (Å²) in [5.74, 6) is -0.304. The molecule has 0 unspecified atom stereocenters. The first-order valence-electron chi connectivity index (χ1n) is 13.6. The Labute approximate surface area is 231 Å². The van der Waals surface area contributed by atoms with Crippen molar-refractivity contribution in [2.45, 2.75) is 56.5 Å². The van der Waals surface area contributed by atoms with Crippen molar-refractivity contribution >= 4 is 21.8 Å². The number of sulfonamides is 1. The van der Waals surface area contributed by atoms with E-state index >= 15 is 0 Å². The van der Waals surface area contributed by atoms with Gasteiger partial charge in [0.05, 0.1) is 4.90 Å². The van der Waals surface area contributed by atoms with Gasteiger partial charge in [-0.1, -0.05) is 72.8 Å². The summed E-state index contributed by atoms with van der Waals surface area (Å²) in [6, 6.07) is 25.6. The molecule has 206 valence electrons. The fourth-order valence-electron chi connectivity index (χ4n) is 4.93. The lowest BCUT2D eigenvalue weighted by Crippen LogP contribution is -2.50. The van der Waals surface area contributed by atoms with Crippen molar-refractivity contribution in [3.8, 4) is 0 Å². The van der Waals surface area contributed by atoms with Crippen LogP contribution in [0.15, 0.2) is 89.8 Å². The molecule has 1 aliphatic heterocycles. The average Bonchev–Trinajstić information content (AvgIpc) is 3.51. The second kappa shape index (κ2) is 13.5. The molecule has 1 saturated heterocycles. The van der Waals surface area contributed by atoms with Crippen molar-refractivity contribution in [2.24, 2.45) is 0 Å². The molecule has 0 bridgehead atoms. The molecular weight excluding hydrogens is 510 g/mol. The molecule has 0 saturated carbocycles. The third-order valence-corrected chi connectivity index (χ3v) is 8.98. The minimum Gasteiger partial charge on any atom is -0.355 e. The summed E-state index contributed by atoms with van der Waals surface area (Å²) < 4.78 is 27.2. The highest BCUT2D eigenvalue weighted by atomic mass is 32.2. The number of aryl methyl sites for hydroxylation is 1. The number of hydrogen-bond donors (Lipinski definition) is 1. The minimum atomic E-state index is -3.48. The van der Waals surface area contributed by atoms with Crippen LogP contribution in [0.3, 0.4) is 0 Å². The number of likely N-dealkylation sites (N-methyl/N-ethyl adjacent to an activating group) is 1. The Bertz CT molecular complexity index is 1320. The van der Waals surface area contributed by atoms with Gasteiger partial charge < -0.3 is 10.2 Å². The van der Waals surface area contributed by atoms with Crippen LogP contribution in [0.4, 0.5) is 0 Å². The van der Waals surface area contributed by atoms with E-state index < -0.39 is 16.1 Å². The van der Waals surface area contributed by atoms with Crippen LogP contribution in [0.1, 0.15) is 42.9 Å². The summed E-state index contributed by atoms with van der Waals surface area (Å²) >= 11 is 0. The van der Waals surface area contributed by atoms with Crippen LogP contribution in [0.5, 0.6) is 0 Å². The number of carbonyl (C=O) groups is 2. The van der Waals surface area contributed by atoms with E-state index in [1.807, 2.05) is 67.6 Å². The quantitative estimate of drug-likeness (QED) is 0.369. The van der Waals surface area contributed by atoms with Gasteiger partial charge in [0, 0.05) is 39.0 Å². The van der Waals surface area contributed by atoms with E-state index in [0.717, 1.165) is 29.5 Å². The van der Waals surface area contributed by atoms with E-state index in [1.54, 1.807) is 29.2 Å². The van der Waals surface area contributed by atoms with Crippen molar-refractivity contribution in [1.82, 2.24) is 14.5 Å². The van der Waals surface area contributed by atoms with Crippen molar-refractivity contribution in [1.29, 1.82) is 0 Å². The zero-order valence-electron chi connectivity index (χ0n) is 22.5. The standard InChI is InChI=1S/C31H37N3O4S/c1-2-32-31(36)29(23-26-11-5-3-6-12-26)34(24-27-13-7-4-8-14-27)30(35)20-17-25-15-18-28(19-16-25)39(37,38)33-21-9-10-22-33/h3-8,11-16,18-19,29H,2,9-10,17,20-24H2,1H3,(H,32,36)/t29-/m0/s1. The van der Waals surface area contributed by atoms with Crippen LogP contribution in [-0.4, -0.2) is 55.1 Å². The van der Waals surface area contributed by atoms with E-state index in [1.165, 1.54) is 4.31 Å². The molecule has 3 aromatic carbocycles. The topological polar surface area (TPSA) is 86.8 Å². The highest BCUT2D eigenvalue weighted by Crippen LogP contribution is 2.22. The van der Waals surface area contributed by atoms with E-state index in [-0.39, 0.29) is 23.1 Å². The summed E-state index contributed by atoms with van der Waals surface area (Å²) in [4.78, 5) is 28.9. The fourth-order valence-corrected chi connectivity index (χ4v) is 6.44. The van der Waals surface area contributed by atoms with Gasteiger partial charge in [-0.15, -0.1) is 0 Å². The molecule has 1 aliphatic rings. The molecule has 4 rings (SSSR count). The van der Waals surface area contributed by atoms with Gasteiger partial charge in [-0.2, -0.15) is 4.31 Å². The first kappa shape index (κ1) is 28.5. The number of rotatable bonds is 12. The highest BCUT2D eigenvalue weighted by molar-refractivity contribution is 7.89. The first-order valence-corrected chi connectivity index (χ1v) is 15.1. The third-order valence-electron chi connectivity index (χ3n) is 7.07. The molecule has 39 heavy (non-hydrogen) atoms. The van der Waals surface area contributed by atoms with Crippen LogP contribution in [-0.2, 0) is 39.0 Å². The van der Waals surface area contributed by atoms with Crippen molar-refractivity contribution in [3.63, 3.8) is 0 Å². The van der Waals surface area contributed by atoms with Gasteiger partial charge in [0.2, 0.25) is 21.8 Å². The van der Waals surface area contributed by atoms with Gasteiger partial charge in [0.15, 0.2) is 0 Å². The third kappa shape index (κ3) is 7.55. The van der Waals surface area contributed by atoms with Crippen molar-refractivity contribution in [2.75, 3.05) is 19.6 Å². The number of hydrogen-bond acceptors (Lipinski definition) is 4. The van der Waals surface area contributed by atoms with Crippen LogP contribution in [0.2, 0.25) is 0 Å². The van der Waals surface area contributed by atoms with Crippen LogP contribution in [0.25, 0.3) is 0 Å². The Kier molecular flexibility index (Phi) is 9.90. The largest absolute Gasteiger partial charge is 0.355 e. The predicted molar refractivity (Wildman–Crippen MR) is 152 cm³/mol. The maximum Gasteiger partial charge on any atom is 0.243 e. The van der Waals surface area contributed by atoms with E-state index in [9.17, 15) is 18.0 Å². The number of amides is 2. The monoisotopic (exact) mass is 547 g/mol. The summed E-state index contributed by atoms with van der Waals surface area (Å²) in [6.45, 7) is 3.79. The Morgan fingerprint density at radius 3 is 2.03 bits per heavy atom. The summed E-state index contributed by atoms with van der Waals surface area (Å²) in [7, 11) is -3.48. The van der Waals surface area contributed by atoms with Crippen LogP contribution < -0.4 is 5.32 Å². The molecule has 7 nitrogen and oxygen atoms in total. The molecule has 1 N–H and O–H groups in total. The normalized spacial score (nSPS) is 14.6. The molecule has 2 amide bonds. The SMILES string of the molecule is CCNC(=O)[C@H](Cc1ccccc1)N(Cc1ccccc1)C(=O)CCc1ccc(S(=O)(=O)N2CCCC2)cc1. The molecule has 3 aromatic rings. The number of nitrogens with one attached hydrogen (secondary N) is 1. The van der Waals surface area contributed by atoms with Crippen molar-refractivity contribution < 1.29 is 18.0 Å². The van der Waals surface area contributed by atoms with E-state index in [0.29, 0.717) is 39.0 Å². The lowest BCUT2D eigenvalue weighted by molar-refractivity contribution is -0.141. The predicted octanol–water partition coefficient (Wildman–Crippen LogP) is 4.18. The summed E-state index contributed by atoms with van der Waals surface area (Å²) in [5.41, 5.74) is 2.81. The summed E-state index contributed by atoms with van der Waals surface area (Å²) in [6.07, 6.45) is 2.84. The van der Waals surface area contributed by atoms with Gasteiger partial charge >= 0.3 is 0 Å². The number of nitrogens with zero attached hydrogens (tertiary/aromatic N) is 2. The van der Waals surface area contributed by atoms with Gasteiger partial charge in [0.25, 0.3) is 0 Å². The molecular formula is C31H37N3O4S. The van der Waals surface area contributed by atoms with E-state index in [2.05, 4.69) is 5.32 Å².